The summed E-state index contributed by atoms with van der Waals surface area (Å²) in [4.78, 5) is 10.5. The van der Waals surface area contributed by atoms with E-state index in [1.54, 1.807) is 0 Å². The maximum Gasteiger partial charge on any atom is 0.160 e. The Morgan fingerprint density at radius 1 is 0.345 bits per heavy atom. The van der Waals surface area contributed by atoms with Crippen molar-refractivity contribution < 1.29 is 0 Å². The number of para-hydroxylation sites is 1. The van der Waals surface area contributed by atoms with Gasteiger partial charge in [0.1, 0.15) is 0 Å². The summed E-state index contributed by atoms with van der Waals surface area (Å²) in [6.07, 6.45) is 0. The standard InChI is InChI=1S/C53H32N2/c1-2-12-33(13-3-1)34-22-24-36(25-23-34)51-43-18-8-11-21-48(43)54-52(55-51)38-27-29-40-37(32-38)26-30-44-49-39-15-5-4-14-35(39)28-31-47(49)53(50(40)44)45-19-9-6-16-41(45)42-17-7-10-20-46(42)53/h1-32H. The number of aromatic nitrogens is 2. The molecule has 0 aliphatic heterocycles. The fourth-order valence-electron chi connectivity index (χ4n) is 9.76. The summed E-state index contributed by atoms with van der Waals surface area (Å²) >= 11 is 0. The Bertz CT molecular complexity index is 3150. The molecule has 0 radical (unpaired) electrons. The van der Waals surface area contributed by atoms with Gasteiger partial charge in [-0.3, -0.25) is 0 Å². The zero-order valence-corrected chi connectivity index (χ0v) is 29.9. The van der Waals surface area contributed by atoms with Crippen molar-refractivity contribution in [2.75, 3.05) is 0 Å². The second-order valence-corrected chi connectivity index (χ2v) is 14.8. The summed E-state index contributed by atoms with van der Waals surface area (Å²) in [6.45, 7) is 0. The van der Waals surface area contributed by atoms with Gasteiger partial charge in [0.05, 0.1) is 16.6 Å². The van der Waals surface area contributed by atoms with Gasteiger partial charge < -0.3 is 0 Å². The lowest BCUT2D eigenvalue weighted by Gasteiger charge is -2.31. The Morgan fingerprint density at radius 2 is 0.964 bits per heavy atom. The normalized spacial score (nSPS) is 13.2. The molecule has 0 atom stereocenters. The van der Waals surface area contributed by atoms with Crippen molar-refractivity contribution in [3.05, 3.63) is 216 Å². The van der Waals surface area contributed by atoms with Gasteiger partial charge in [-0.1, -0.05) is 182 Å². The molecule has 1 aromatic heterocycles. The Morgan fingerprint density at radius 3 is 1.76 bits per heavy atom. The zero-order chi connectivity index (χ0) is 36.1. The van der Waals surface area contributed by atoms with Crippen LogP contribution in [-0.4, -0.2) is 9.97 Å². The van der Waals surface area contributed by atoms with E-state index in [1.165, 1.54) is 77.2 Å². The van der Waals surface area contributed by atoms with Gasteiger partial charge in [-0.15, -0.1) is 0 Å². The molecule has 0 fully saturated rings. The molecule has 0 amide bonds. The molecule has 1 heterocycles. The second kappa shape index (κ2) is 11.4. The molecule has 2 aliphatic rings. The van der Waals surface area contributed by atoms with Gasteiger partial charge in [-0.2, -0.15) is 0 Å². The number of benzene rings is 9. The Kier molecular flexibility index (Phi) is 6.29. The fourth-order valence-corrected chi connectivity index (χ4v) is 9.76. The minimum atomic E-state index is -0.443. The van der Waals surface area contributed by atoms with Crippen molar-refractivity contribution in [2.45, 2.75) is 5.41 Å². The van der Waals surface area contributed by atoms with Gasteiger partial charge in [0.2, 0.25) is 0 Å². The molecule has 0 bridgehead atoms. The van der Waals surface area contributed by atoms with E-state index in [0.717, 1.165) is 33.5 Å². The maximum absolute atomic E-state index is 5.31. The highest BCUT2D eigenvalue weighted by Gasteiger charge is 2.52. The molecule has 2 aliphatic carbocycles. The number of hydrogen-bond donors (Lipinski definition) is 0. The first-order valence-electron chi connectivity index (χ1n) is 19.0. The van der Waals surface area contributed by atoms with Crippen molar-refractivity contribution in [1.29, 1.82) is 0 Å². The van der Waals surface area contributed by atoms with Gasteiger partial charge in [-0.25, -0.2) is 9.97 Å². The van der Waals surface area contributed by atoms with E-state index in [4.69, 9.17) is 9.97 Å². The Hall–Kier alpha value is -7.16. The summed E-state index contributed by atoms with van der Waals surface area (Å²) in [5.74, 6) is 0.726. The molecule has 0 N–H and O–H groups in total. The third kappa shape index (κ3) is 4.19. The van der Waals surface area contributed by atoms with Crippen LogP contribution in [0.15, 0.2) is 194 Å². The van der Waals surface area contributed by atoms with Crippen molar-refractivity contribution >= 4 is 32.4 Å². The molecule has 0 saturated carbocycles. The smallest absolute Gasteiger partial charge is 0.160 e. The summed E-state index contributed by atoms with van der Waals surface area (Å²) < 4.78 is 0. The molecule has 254 valence electrons. The van der Waals surface area contributed by atoms with Gasteiger partial charge in [0.15, 0.2) is 5.82 Å². The van der Waals surface area contributed by atoms with Gasteiger partial charge in [-0.05, 0) is 89.3 Å². The first-order chi connectivity index (χ1) is 27.3. The number of hydrogen-bond acceptors (Lipinski definition) is 2. The monoisotopic (exact) mass is 696 g/mol. The largest absolute Gasteiger partial charge is 0.228 e. The zero-order valence-electron chi connectivity index (χ0n) is 29.9. The third-order valence-electron chi connectivity index (χ3n) is 12.1. The lowest BCUT2D eigenvalue weighted by Crippen LogP contribution is -2.26. The maximum atomic E-state index is 5.31. The van der Waals surface area contributed by atoms with Crippen LogP contribution >= 0.6 is 0 Å². The van der Waals surface area contributed by atoms with Crippen molar-refractivity contribution in [3.8, 4) is 56.0 Å². The van der Waals surface area contributed by atoms with Crippen LogP contribution in [-0.2, 0) is 5.41 Å². The van der Waals surface area contributed by atoms with Crippen LogP contribution in [0.1, 0.15) is 22.3 Å². The van der Waals surface area contributed by atoms with Crippen molar-refractivity contribution in [2.24, 2.45) is 0 Å². The summed E-state index contributed by atoms with van der Waals surface area (Å²) in [5, 5.41) is 6.04. The Labute approximate surface area is 319 Å². The molecule has 2 heteroatoms. The lowest BCUT2D eigenvalue weighted by atomic mass is 9.69. The van der Waals surface area contributed by atoms with E-state index < -0.39 is 5.41 Å². The predicted molar refractivity (Wildman–Crippen MR) is 227 cm³/mol. The van der Waals surface area contributed by atoms with E-state index in [1.807, 2.05) is 0 Å². The van der Waals surface area contributed by atoms with E-state index >= 15 is 0 Å². The Balaban J connectivity index is 1.08. The average molecular weight is 697 g/mol. The molecule has 10 aromatic rings. The minimum Gasteiger partial charge on any atom is -0.228 e. The van der Waals surface area contributed by atoms with Crippen LogP contribution in [0.3, 0.4) is 0 Å². The molecule has 9 aromatic carbocycles. The van der Waals surface area contributed by atoms with Crippen molar-refractivity contribution in [3.63, 3.8) is 0 Å². The van der Waals surface area contributed by atoms with E-state index in [-0.39, 0.29) is 0 Å². The van der Waals surface area contributed by atoms with E-state index in [9.17, 15) is 0 Å². The SMILES string of the molecule is c1ccc(-c2ccc(-c3nc(-c4ccc5c6c(ccc5c4)-c4c(ccc5ccccc45)C64c5ccccc5-c5ccccc54)nc4ccccc34)cc2)cc1. The molecule has 2 nitrogen and oxygen atoms in total. The van der Waals surface area contributed by atoms with Crippen LogP contribution in [0, 0.1) is 0 Å². The van der Waals surface area contributed by atoms with E-state index in [2.05, 4.69) is 194 Å². The molecule has 12 rings (SSSR count). The minimum absolute atomic E-state index is 0.443. The second-order valence-electron chi connectivity index (χ2n) is 14.8. The van der Waals surface area contributed by atoms with Crippen LogP contribution < -0.4 is 0 Å². The molecule has 1 spiro atoms. The summed E-state index contributed by atoms with van der Waals surface area (Å²) in [5.41, 5.74) is 16.6. The van der Waals surface area contributed by atoms with Crippen molar-refractivity contribution in [1.82, 2.24) is 9.97 Å². The number of nitrogens with zero attached hydrogens (tertiary/aromatic N) is 2. The predicted octanol–water partition coefficient (Wildman–Crippen LogP) is 13.3. The highest BCUT2D eigenvalue weighted by molar-refractivity contribution is 6.11. The molecule has 55 heavy (non-hydrogen) atoms. The van der Waals surface area contributed by atoms with Crippen LogP contribution in [0.25, 0.3) is 88.5 Å². The topological polar surface area (TPSA) is 25.8 Å². The number of rotatable bonds is 3. The molecule has 0 saturated heterocycles. The molecular formula is C53H32N2. The highest BCUT2D eigenvalue weighted by Crippen LogP contribution is 2.65. The quantitative estimate of drug-likeness (QED) is 0.184. The van der Waals surface area contributed by atoms with Crippen LogP contribution in [0.4, 0.5) is 0 Å². The summed E-state index contributed by atoms with van der Waals surface area (Å²) in [7, 11) is 0. The first-order valence-corrected chi connectivity index (χ1v) is 19.0. The lowest BCUT2D eigenvalue weighted by molar-refractivity contribution is 0.802. The third-order valence-corrected chi connectivity index (χ3v) is 12.1. The average Bonchev–Trinajstić information content (AvgIpc) is 3.74. The van der Waals surface area contributed by atoms with Gasteiger partial charge in [0.25, 0.3) is 0 Å². The van der Waals surface area contributed by atoms with Crippen LogP contribution in [0.5, 0.6) is 0 Å². The molecule has 0 unspecified atom stereocenters. The van der Waals surface area contributed by atoms with E-state index in [0.29, 0.717) is 0 Å². The van der Waals surface area contributed by atoms with Gasteiger partial charge >= 0.3 is 0 Å². The fraction of sp³-hybridized carbons (Fsp3) is 0.0189. The molecular weight excluding hydrogens is 665 g/mol. The summed E-state index contributed by atoms with van der Waals surface area (Å²) in [6, 6.07) is 70.8. The van der Waals surface area contributed by atoms with Crippen LogP contribution in [0.2, 0.25) is 0 Å². The first kappa shape index (κ1) is 30.3. The highest BCUT2D eigenvalue weighted by atomic mass is 14.9. The number of fused-ring (bicyclic) bond motifs is 15. The van der Waals surface area contributed by atoms with Gasteiger partial charge in [0, 0.05) is 16.5 Å².